The number of carbonyl (C=O) groups excluding carboxylic acids is 1. The first-order valence-electron chi connectivity index (χ1n) is 8.70. The minimum Gasteiger partial charge on any atom is -0.484 e. The lowest BCUT2D eigenvalue weighted by Crippen LogP contribution is -2.29. The van der Waals surface area contributed by atoms with Gasteiger partial charge in [-0.05, 0) is 56.4 Å². The molecule has 1 aromatic heterocycles. The van der Waals surface area contributed by atoms with Crippen molar-refractivity contribution in [1.29, 1.82) is 0 Å². The van der Waals surface area contributed by atoms with E-state index in [0.29, 0.717) is 23.1 Å². The molecule has 0 unspecified atom stereocenters. The van der Waals surface area contributed by atoms with Gasteiger partial charge in [0.1, 0.15) is 18.1 Å². The summed E-state index contributed by atoms with van der Waals surface area (Å²) in [6.07, 6.45) is 0.909. The molecule has 0 aliphatic heterocycles. The normalized spacial score (nSPS) is 11.0. The van der Waals surface area contributed by atoms with Gasteiger partial charge in [-0.1, -0.05) is 41.4 Å². The van der Waals surface area contributed by atoms with Gasteiger partial charge in [0.25, 0.3) is 5.91 Å². The van der Waals surface area contributed by atoms with Crippen LogP contribution in [0.25, 0.3) is 0 Å². The number of hydrogen-bond acceptors (Lipinski definition) is 4. The fraction of sp³-hybridized carbons (Fsp3) is 0.421. The monoisotopic (exact) mass is 442 g/mol. The third-order valence-electron chi connectivity index (χ3n) is 3.98. The maximum atomic E-state index is 12.1. The molecule has 0 saturated heterocycles. The molecule has 0 aliphatic carbocycles. The van der Waals surface area contributed by atoms with Gasteiger partial charge in [0.05, 0.1) is 5.02 Å². The SMILES string of the molecule is CCN(CC)CCCNC(=O)c1ccc(COc2ccc(Br)cc2Cl)o1. The zero-order valence-electron chi connectivity index (χ0n) is 15.1. The van der Waals surface area contributed by atoms with Crippen molar-refractivity contribution in [3.05, 3.63) is 51.3 Å². The molecule has 0 atom stereocenters. The summed E-state index contributed by atoms with van der Waals surface area (Å²) in [4.78, 5) is 14.4. The standard InChI is InChI=1S/C19H24BrClN2O3/c1-3-23(4-2)11-5-10-22-19(24)18-9-7-15(26-18)13-25-17-8-6-14(20)12-16(17)21/h6-9,12H,3-5,10-11,13H2,1-2H3,(H,22,24). The predicted molar refractivity (Wildman–Crippen MR) is 107 cm³/mol. The lowest BCUT2D eigenvalue weighted by Gasteiger charge is -2.17. The van der Waals surface area contributed by atoms with Crippen LogP contribution in [0.3, 0.4) is 0 Å². The van der Waals surface area contributed by atoms with E-state index in [1.54, 1.807) is 24.3 Å². The smallest absolute Gasteiger partial charge is 0.286 e. The molecule has 1 amide bonds. The van der Waals surface area contributed by atoms with Crippen LogP contribution < -0.4 is 10.1 Å². The number of nitrogens with zero attached hydrogens (tertiary/aromatic N) is 1. The Kier molecular flexibility index (Phi) is 8.48. The number of halogens is 2. The highest BCUT2D eigenvalue weighted by molar-refractivity contribution is 9.10. The first-order chi connectivity index (χ1) is 12.5. The van der Waals surface area contributed by atoms with Crippen molar-refractivity contribution < 1.29 is 13.9 Å². The first kappa shape index (κ1) is 20.8. The highest BCUT2D eigenvalue weighted by atomic mass is 79.9. The average molecular weight is 444 g/mol. The third kappa shape index (κ3) is 6.34. The molecular formula is C19H24BrClN2O3. The zero-order valence-corrected chi connectivity index (χ0v) is 17.4. The van der Waals surface area contributed by atoms with Crippen molar-refractivity contribution in [3.8, 4) is 5.75 Å². The van der Waals surface area contributed by atoms with Crippen LogP contribution >= 0.6 is 27.5 Å². The van der Waals surface area contributed by atoms with Gasteiger partial charge < -0.3 is 19.4 Å². The summed E-state index contributed by atoms with van der Waals surface area (Å²) in [5.41, 5.74) is 0. The summed E-state index contributed by atoms with van der Waals surface area (Å²) in [5, 5.41) is 3.39. The molecule has 26 heavy (non-hydrogen) atoms. The van der Waals surface area contributed by atoms with Crippen LogP contribution in [0, 0.1) is 0 Å². The summed E-state index contributed by atoms with van der Waals surface area (Å²) in [6, 6.07) is 8.77. The number of ether oxygens (including phenoxy) is 1. The average Bonchev–Trinajstić information content (AvgIpc) is 3.10. The van der Waals surface area contributed by atoms with Gasteiger partial charge in [0, 0.05) is 11.0 Å². The summed E-state index contributed by atoms with van der Waals surface area (Å²) in [5.74, 6) is 1.21. The van der Waals surface area contributed by atoms with Gasteiger partial charge in [0.15, 0.2) is 5.76 Å². The number of amides is 1. The predicted octanol–water partition coefficient (Wildman–Crippen LogP) is 4.74. The summed E-state index contributed by atoms with van der Waals surface area (Å²) in [7, 11) is 0. The second kappa shape index (κ2) is 10.6. The van der Waals surface area contributed by atoms with Gasteiger partial charge in [-0.2, -0.15) is 0 Å². The van der Waals surface area contributed by atoms with Crippen molar-refractivity contribution in [2.24, 2.45) is 0 Å². The zero-order chi connectivity index (χ0) is 18.9. The minimum atomic E-state index is -0.211. The molecule has 0 radical (unpaired) electrons. The molecule has 7 heteroatoms. The number of carbonyl (C=O) groups is 1. The molecule has 0 fully saturated rings. The van der Waals surface area contributed by atoms with Gasteiger partial charge in [0.2, 0.25) is 0 Å². The Hall–Kier alpha value is -1.50. The van der Waals surface area contributed by atoms with E-state index in [1.807, 2.05) is 6.07 Å². The number of nitrogens with one attached hydrogen (secondary N) is 1. The van der Waals surface area contributed by atoms with Crippen molar-refractivity contribution in [2.75, 3.05) is 26.2 Å². The fourth-order valence-corrected chi connectivity index (χ4v) is 3.18. The van der Waals surface area contributed by atoms with Crippen LogP contribution in [0.2, 0.25) is 5.02 Å². The molecule has 2 aromatic rings. The Morgan fingerprint density at radius 1 is 1.27 bits per heavy atom. The van der Waals surface area contributed by atoms with Crippen LogP contribution in [0.15, 0.2) is 39.2 Å². The second-order valence-electron chi connectivity index (χ2n) is 5.77. The molecule has 0 bridgehead atoms. The summed E-state index contributed by atoms with van der Waals surface area (Å²) in [6.45, 7) is 8.11. The Bertz CT molecular complexity index is 717. The lowest BCUT2D eigenvalue weighted by molar-refractivity contribution is 0.0920. The van der Waals surface area contributed by atoms with Crippen molar-refractivity contribution in [3.63, 3.8) is 0 Å². The Morgan fingerprint density at radius 2 is 2.04 bits per heavy atom. The summed E-state index contributed by atoms with van der Waals surface area (Å²) < 4.78 is 12.1. The van der Waals surface area contributed by atoms with E-state index in [4.69, 9.17) is 20.8 Å². The van der Waals surface area contributed by atoms with Gasteiger partial charge >= 0.3 is 0 Å². The number of benzene rings is 1. The number of furan rings is 1. The molecule has 142 valence electrons. The molecule has 0 aliphatic rings. The van der Waals surface area contributed by atoms with Crippen LogP contribution in [-0.4, -0.2) is 37.0 Å². The van der Waals surface area contributed by atoms with Crippen LogP contribution in [0.1, 0.15) is 36.6 Å². The Balaban J connectivity index is 1.78. The second-order valence-corrected chi connectivity index (χ2v) is 7.09. The maximum Gasteiger partial charge on any atom is 0.286 e. The molecule has 0 spiro atoms. The van der Waals surface area contributed by atoms with Crippen LogP contribution in [-0.2, 0) is 6.61 Å². The first-order valence-corrected chi connectivity index (χ1v) is 9.87. The molecule has 1 heterocycles. The van der Waals surface area contributed by atoms with Crippen molar-refractivity contribution >= 4 is 33.4 Å². The fourth-order valence-electron chi connectivity index (χ4n) is 2.45. The maximum absolute atomic E-state index is 12.1. The van der Waals surface area contributed by atoms with Crippen LogP contribution in [0.4, 0.5) is 0 Å². The van der Waals surface area contributed by atoms with Crippen molar-refractivity contribution in [1.82, 2.24) is 10.2 Å². The quantitative estimate of drug-likeness (QED) is 0.539. The Morgan fingerprint density at radius 3 is 2.73 bits per heavy atom. The van der Waals surface area contributed by atoms with E-state index in [9.17, 15) is 4.79 Å². The van der Waals surface area contributed by atoms with E-state index in [-0.39, 0.29) is 18.3 Å². The van der Waals surface area contributed by atoms with Crippen LogP contribution in [0.5, 0.6) is 5.75 Å². The minimum absolute atomic E-state index is 0.205. The number of rotatable bonds is 10. The van der Waals surface area contributed by atoms with E-state index >= 15 is 0 Å². The molecular weight excluding hydrogens is 420 g/mol. The van der Waals surface area contributed by atoms with E-state index < -0.39 is 0 Å². The van der Waals surface area contributed by atoms with Gasteiger partial charge in [-0.3, -0.25) is 4.79 Å². The highest BCUT2D eigenvalue weighted by Crippen LogP contribution is 2.28. The van der Waals surface area contributed by atoms with Crippen molar-refractivity contribution in [2.45, 2.75) is 26.9 Å². The molecule has 2 rings (SSSR count). The van der Waals surface area contributed by atoms with E-state index in [0.717, 1.165) is 30.5 Å². The van der Waals surface area contributed by atoms with E-state index in [1.165, 1.54) is 0 Å². The topological polar surface area (TPSA) is 54.7 Å². The summed E-state index contributed by atoms with van der Waals surface area (Å²) >= 11 is 9.46. The van der Waals surface area contributed by atoms with E-state index in [2.05, 4.69) is 40.0 Å². The molecule has 1 aromatic carbocycles. The largest absolute Gasteiger partial charge is 0.484 e. The third-order valence-corrected chi connectivity index (χ3v) is 4.77. The van der Waals surface area contributed by atoms with Gasteiger partial charge in [-0.25, -0.2) is 0 Å². The molecule has 1 N–H and O–H groups in total. The molecule has 5 nitrogen and oxygen atoms in total. The lowest BCUT2D eigenvalue weighted by atomic mass is 10.3. The van der Waals surface area contributed by atoms with Gasteiger partial charge in [-0.15, -0.1) is 0 Å². The number of hydrogen-bond donors (Lipinski definition) is 1. The Labute approximate surface area is 167 Å². The molecule has 0 saturated carbocycles. The highest BCUT2D eigenvalue weighted by Gasteiger charge is 2.12.